The van der Waals surface area contributed by atoms with Crippen molar-refractivity contribution in [3.05, 3.63) is 40.4 Å². The summed E-state index contributed by atoms with van der Waals surface area (Å²) in [7, 11) is 0. The molecule has 0 amide bonds. The smallest absolute Gasteiger partial charge is 0.200 e. The van der Waals surface area contributed by atoms with Crippen LogP contribution in [-0.4, -0.2) is 23.8 Å². The summed E-state index contributed by atoms with van der Waals surface area (Å²) in [5, 5.41) is 0. The molecular formula is C14H14BrNO2. The van der Waals surface area contributed by atoms with Crippen molar-refractivity contribution in [2.75, 3.05) is 6.54 Å². The van der Waals surface area contributed by atoms with Crippen molar-refractivity contribution in [1.29, 1.82) is 0 Å². The minimum atomic E-state index is -0.837. The maximum absolute atomic E-state index is 12.1. The normalized spacial score (nSPS) is 22.9. The first-order chi connectivity index (χ1) is 8.49. The maximum Gasteiger partial charge on any atom is 0.200 e. The summed E-state index contributed by atoms with van der Waals surface area (Å²) >= 11 is 3.37. The molecular weight excluding hydrogens is 294 g/mol. The van der Waals surface area contributed by atoms with Gasteiger partial charge in [0.1, 0.15) is 0 Å². The summed E-state index contributed by atoms with van der Waals surface area (Å²) in [6.45, 7) is 3.92. The Morgan fingerprint density at radius 1 is 1.44 bits per heavy atom. The second kappa shape index (κ2) is 5.06. The molecule has 1 aliphatic rings. The van der Waals surface area contributed by atoms with E-state index in [4.69, 9.17) is 4.74 Å². The van der Waals surface area contributed by atoms with E-state index in [1.807, 2.05) is 24.3 Å². The van der Waals surface area contributed by atoms with Gasteiger partial charge in [0.05, 0.1) is 6.54 Å². The van der Waals surface area contributed by atoms with Crippen molar-refractivity contribution in [3.8, 4) is 0 Å². The molecule has 0 N–H and O–H groups in total. The second-order valence-electron chi connectivity index (χ2n) is 4.42. The van der Waals surface area contributed by atoms with Gasteiger partial charge in [-0.3, -0.25) is 9.79 Å². The fourth-order valence-electron chi connectivity index (χ4n) is 1.70. The standard InChI is InChI=1S/C14H14BrNO2/c1-10-16-9-14(2,18-10)13(17)8-5-11-3-6-12(15)7-4-11/h3-8H,9H2,1-2H3/b8-5+. The molecule has 1 heterocycles. The molecule has 0 spiro atoms. The number of halogens is 1. The van der Waals surface area contributed by atoms with Crippen LogP contribution in [-0.2, 0) is 9.53 Å². The summed E-state index contributed by atoms with van der Waals surface area (Å²) in [5.41, 5.74) is 0.140. The third-order valence-electron chi connectivity index (χ3n) is 2.79. The lowest BCUT2D eigenvalue weighted by atomic mass is 10.0. The third-order valence-corrected chi connectivity index (χ3v) is 3.32. The number of nitrogens with zero attached hydrogens (tertiary/aromatic N) is 1. The third kappa shape index (κ3) is 2.88. The zero-order valence-electron chi connectivity index (χ0n) is 10.3. The van der Waals surface area contributed by atoms with Gasteiger partial charge in [0.2, 0.25) is 5.78 Å². The van der Waals surface area contributed by atoms with Gasteiger partial charge in [-0.1, -0.05) is 34.1 Å². The minimum absolute atomic E-state index is 0.0639. The molecule has 94 valence electrons. The Morgan fingerprint density at radius 2 is 2.11 bits per heavy atom. The SMILES string of the molecule is CC1=NCC(C)(C(=O)/C=C/c2ccc(Br)cc2)O1. The Balaban J connectivity index is 2.06. The molecule has 0 aliphatic carbocycles. The quantitative estimate of drug-likeness (QED) is 0.804. The number of ether oxygens (including phenoxy) is 1. The summed E-state index contributed by atoms with van der Waals surface area (Å²) < 4.78 is 6.47. The highest BCUT2D eigenvalue weighted by Gasteiger charge is 2.37. The number of hydrogen-bond donors (Lipinski definition) is 0. The van der Waals surface area contributed by atoms with E-state index in [0.717, 1.165) is 10.0 Å². The Morgan fingerprint density at radius 3 is 2.67 bits per heavy atom. The molecule has 0 saturated heterocycles. The monoisotopic (exact) mass is 307 g/mol. The van der Waals surface area contributed by atoms with E-state index in [2.05, 4.69) is 20.9 Å². The molecule has 4 heteroatoms. The fraction of sp³-hybridized carbons (Fsp3) is 0.286. The van der Waals surface area contributed by atoms with Crippen LogP contribution in [0.25, 0.3) is 6.08 Å². The zero-order chi connectivity index (χ0) is 13.2. The first kappa shape index (κ1) is 13.0. The Kier molecular flexibility index (Phi) is 3.66. The number of carbonyl (C=O) groups excluding carboxylic acids is 1. The highest BCUT2D eigenvalue weighted by molar-refractivity contribution is 9.10. The molecule has 0 bridgehead atoms. The van der Waals surface area contributed by atoms with Crippen molar-refractivity contribution in [3.63, 3.8) is 0 Å². The van der Waals surface area contributed by atoms with Crippen LogP contribution in [0.1, 0.15) is 19.4 Å². The molecule has 1 aromatic carbocycles. The van der Waals surface area contributed by atoms with E-state index in [1.165, 1.54) is 0 Å². The number of rotatable bonds is 3. The lowest BCUT2D eigenvalue weighted by Crippen LogP contribution is -2.37. The van der Waals surface area contributed by atoms with Crippen molar-refractivity contribution < 1.29 is 9.53 Å². The van der Waals surface area contributed by atoms with Crippen LogP contribution in [0.5, 0.6) is 0 Å². The molecule has 0 radical (unpaired) electrons. The number of aliphatic imine (C=N–C) groups is 1. The van der Waals surface area contributed by atoms with Crippen LogP contribution < -0.4 is 0 Å². The average Bonchev–Trinajstić information content (AvgIpc) is 2.69. The largest absolute Gasteiger partial charge is 0.465 e. The first-order valence-electron chi connectivity index (χ1n) is 5.68. The predicted molar refractivity (Wildman–Crippen MR) is 75.6 cm³/mol. The number of ketones is 1. The van der Waals surface area contributed by atoms with Gasteiger partial charge in [-0.05, 0) is 30.7 Å². The summed E-state index contributed by atoms with van der Waals surface area (Å²) in [5.74, 6) is 0.508. The van der Waals surface area contributed by atoms with Gasteiger partial charge in [0, 0.05) is 11.4 Å². The number of carbonyl (C=O) groups is 1. The van der Waals surface area contributed by atoms with Crippen molar-refractivity contribution in [2.24, 2.45) is 4.99 Å². The van der Waals surface area contributed by atoms with Gasteiger partial charge in [-0.2, -0.15) is 0 Å². The Hall–Kier alpha value is -1.42. The predicted octanol–water partition coefficient (Wildman–Crippen LogP) is 3.24. The molecule has 0 fully saturated rings. The Bertz CT molecular complexity index is 519. The molecule has 1 unspecified atom stereocenters. The molecule has 2 rings (SSSR count). The van der Waals surface area contributed by atoms with Crippen molar-refractivity contribution >= 4 is 33.7 Å². The van der Waals surface area contributed by atoms with Crippen LogP contribution in [0.4, 0.5) is 0 Å². The fourth-order valence-corrected chi connectivity index (χ4v) is 1.97. The topological polar surface area (TPSA) is 38.7 Å². The Labute approximate surface area is 115 Å². The first-order valence-corrected chi connectivity index (χ1v) is 6.47. The molecule has 1 aromatic rings. The van der Waals surface area contributed by atoms with Crippen LogP contribution in [0.15, 0.2) is 39.8 Å². The maximum atomic E-state index is 12.1. The average molecular weight is 308 g/mol. The number of benzene rings is 1. The van der Waals surface area contributed by atoms with E-state index in [1.54, 1.807) is 26.0 Å². The van der Waals surface area contributed by atoms with Crippen LogP contribution in [0.2, 0.25) is 0 Å². The van der Waals surface area contributed by atoms with Gasteiger partial charge >= 0.3 is 0 Å². The van der Waals surface area contributed by atoms with Crippen LogP contribution in [0, 0.1) is 0 Å². The molecule has 18 heavy (non-hydrogen) atoms. The van der Waals surface area contributed by atoms with E-state index in [9.17, 15) is 4.79 Å². The summed E-state index contributed by atoms with van der Waals surface area (Å²) in [4.78, 5) is 16.2. The van der Waals surface area contributed by atoms with Crippen molar-refractivity contribution in [1.82, 2.24) is 0 Å². The molecule has 1 aliphatic heterocycles. The van der Waals surface area contributed by atoms with Gasteiger partial charge in [-0.15, -0.1) is 0 Å². The van der Waals surface area contributed by atoms with E-state index < -0.39 is 5.60 Å². The van der Waals surface area contributed by atoms with Crippen LogP contribution in [0.3, 0.4) is 0 Å². The lowest BCUT2D eigenvalue weighted by molar-refractivity contribution is -0.127. The van der Waals surface area contributed by atoms with E-state index in [-0.39, 0.29) is 5.78 Å². The van der Waals surface area contributed by atoms with Crippen molar-refractivity contribution in [2.45, 2.75) is 19.4 Å². The highest BCUT2D eigenvalue weighted by atomic mass is 79.9. The lowest BCUT2D eigenvalue weighted by Gasteiger charge is -2.19. The molecule has 0 saturated carbocycles. The van der Waals surface area contributed by atoms with E-state index >= 15 is 0 Å². The summed E-state index contributed by atoms with van der Waals surface area (Å²) in [6.07, 6.45) is 3.34. The van der Waals surface area contributed by atoms with Gasteiger partial charge in [-0.25, -0.2) is 0 Å². The van der Waals surface area contributed by atoms with Crippen LogP contribution >= 0.6 is 15.9 Å². The zero-order valence-corrected chi connectivity index (χ0v) is 11.9. The van der Waals surface area contributed by atoms with Gasteiger partial charge < -0.3 is 4.74 Å². The van der Waals surface area contributed by atoms with Gasteiger partial charge in [0.15, 0.2) is 11.5 Å². The minimum Gasteiger partial charge on any atom is -0.465 e. The molecule has 1 atom stereocenters. The second-order valence-corrected chi connectivity index (χ2v) is 5.33. The number of hydrogen-bond acceptors (Lipinski definition) is 3. The van der Waals surface area contributed by atoms with Gasteiger partial charge in [0.25, 0.3) is 0 Å². The highest BCUT2D eigenvalue weighted by Crippen LogP contribution is 2.20. The van der Waals surface area contributed by atoms with E-state index in [0.29, 0.717) is 12.4 Å². The molecule has 3 nitrogen and oxygen atoms in total. The molecule has 0 aromatic heterocycles. The summed E-state index contributed by atoms with van der Waals surface area (Å²) in [6, 6.07) is 7.75.